The summed E-state index contributed by atoms with van der Waals surface area (Å²) in [4.78, 5) is 20.2. The van der Waals surface area contributed by atoms with Gasteiger partial charge in [-0.25, -0.2) is 4.98 Å². The van der Waals surface area contributed by atoms with E-state index in [1.165, 1.54) is 23.9 Å². The van der Waals surface area contributed by atoms with Crippen LogP contribution in [0.1, 0.15) is 12.0 Å². The number of hydrogen-bond acceptors (Lipinski definition) is 4. The molecule has 8 heteroatoms. The van der Waals surface area contributed by atoms with E-state index >= 15 is 0 Å². The third kappa shape index (κ3) is 3.17. The zero-order chi connectivity index (χ0) is 16.6. The number of carbonyl (C=O) groups is 1. The first-order chi connectivity index (χ1) is 10.9. The maximum Gasteiger partial charge on any atom is 0.417 e. The van der Waals surface area contributed by atoms with Gasteiger partial charge in [-0.15, -0.1) is 11.8 Å². The molecule has 3 rings (SSSR count). The number of nitrogens with zero attached hydrogens (tertiary/aromatic N) is 3. The van der Waals surface area contributed by atoms with Gasteiger partial charge in [0, 0.05) is 37.6 Å². The number of pyridine rings is 1. The number of halogens is 3. The fourth-order valence-electron chi connectivity index (χ4n) is 2.93. The lowest BCUT2D eigenvalue weighted by Gasteiger charge is -2.41. The summed E-state index contributed by atoms with van der Waals surface area (Å²) < 4.78 is 38.6. The van der Waals surface area contributed by atoms with Gasteiger partial charge in [-0.1, -0.05) is 6.58 Å². The first kappa shape index (κ1) is 16.2. The lowest BCUT2D eigenvalue weighted by atomic mass is 10.1. The molecule has 0 saturated carbocycles. The van der Waals surface area contributed by atoms with Crippen molar-refractivity contribution in [1.29, 1.82) is 0 Å². The van der Waals surface area contributed by atoms with Gasteiger partial charge in [0.25, 0.3) is 0 Å². The van der Waals surface area contributed by atoms with Crippen molar-refractivity contribution in [3.63, 3.8) is 0 Å². The van der Waals surface area contributed by atoms with E-state index in [1.807, 2.05) is 4.90 Å². The standard InChI is InChI=1S/C15H16F3N3OS/c1-2-13(22)20-4-5-21-11(9-20)3-6-23-12-7-10(15(16,17)18)8-19-14(12)21/h2,7-8,11H,1,3-6,9H2/t11-/m1/s1. The fraction of sp³-hybridized carbons (Fsp3) is 0.467. The molecule has 0 bridgehead atoms. The third-order valence-corrected chi connectivity index (χ3v) is 5.16. The molecule has 0 aromatic carbocycles. The van der Waals surface area contributed by atoms with Crippen LogP contribution in [-0.2, 0) is 11.0 Å². The van der Waals surface area contributed by atoms with Crippen molar-refractivity contribution in [3.05, 3.63) is 30.5 Å². The van der Waals surface area contributed by atoms with Gasteiger partial charge in [0.15, 0.2) is 0 Å². The summed E-state index contributed by atoms with van der Waals surface area (Å²) in [6, 6.07) is 1.25. The van der Waals surface area contributed by atoms with E-state index in [0.29, 0.717) is 36.1 Å². The molecular formula is C15H16F3N3OS. The van der Waals surface area contributed by atoms with Crippen LogP contribution in [-0.4, -0.2) is 47.2 Å². The van der Waals surface area contributed by atoms with Gasteiger partial charge in [-0.3, -0.25) is 4.79 Å². The molecule has 0 aliphatic carbocycles. The molecule has 1 aromatic rings. The summed E-state index contributed by atoms with van der Waals surface area (Å²) in [5.74, 6) is 1.19. The largest absolute Gasteiger partial charge is 0.417 e. The summed E-state index contributed by atoms with van der Waals surface area (Å²) in [7, 11) is 0. The van der Waals surface area contributed by atoms with Crippen LogP contribution in [0.3, 0.4) is 0 Å². The number of piperazine rings is 1. The molecule has 124 valence electrons. The maximum absolute atomic E-state index is 12.9. The second-order valence-corrected chi connectivity index (χ2v) is 6.65. The van der Waals surface area contributed by atoms with E-state index in [4.69, 9.17) is 0 Å². The molecule has 0 N–H and O–H groups in total. The fourth-order valence-corrected chi connectivity index (χ4v) is 4.05. The molecule has 4 nitrogen and oxygen atoms in total. The summed E-state index contributed by atoms with van der Waals surface area (Å²) >= 11 is 1.39. The monoisotopic (exact) mass is 343 g/mol. The first-order valence-corrected chi connectivity index (χ1v) is 8.26. The predicted molar refractivity (Wildman–Crippen MR) is 82.5 cm³/mol. The first-order valence-electron chi connectivity index (χ1n) is 7.28. The minimum Gasteiger partial charge on any atom is -0.349 e. The van der Waals surface area contributed by atoms with Crippen LogP contribution >= 0.6 is 11.8 Å². The number of fused-ring (bicyclic) bond motifs is 3. The molecule has 1 atom stereocenters. The Balaban J connectivity index is 1.88. The van der Waals surface area contributed by atoms with Crippen LogP contribution in [0.25, 0.3) is 0 Å². The summed E-state index contributed by atoms with van der Waals surface area (Å²) in [6.45, 7) is 5.14. The molecule has 23 heavy (non-hydrogen) atoms. The highest BCUT2D eigenvalue weighted by molar-refractivity contribution is 7.99. The van der Waals surface area contributed by atoms with Crippen LogP contribution in [0, 0.1) is 0 Å². The van der Waals surface area contributed by atoms with Crippen molar-refractivity contribution < 1.29 is 18.0 Å². The van der Waals surface area contributed by atoms with E-state index in [1.54, 1.807) is 4.90 Å². The average Bonchev–Trinajstić information content (AvgIpc) is 2.71. The van der Waals surface area contributed by atoms with Crippen molar-refractivity contribution in [2.75, 3.05) is 30.3 Å². The third-order valence-electron chi connectivity index (χ3n) is 4.11. The molecule has 2 aliphatic rings. The normalized spacial score (nSPS) is 21.3. The highest BCUT2D eigenvalue weighted by Crippen LogP contribution is 2.39. The topological polar surface area (TPSA) is 36.4 Å². The Kier molecular flexibility index (Phi) is 4.27. The van der Waals surface area contributed by atoms with Crippen molar-refractivity contribution >= 4 is 23.5 Å². The van der Waals surface area contributed by atoms with Crippen LogP contribution < -0.4 is 4.90 Å². The van der Waals surface area contributed by atoms with Gasteiger partial charge in [-0.2, -0.15) is 13.2 Å². The Morgan fingerprint density at radius 1 is 1.43 bits per heavy atom. The second-order valence-electron chi connectivity index (χ2n) is 5.52. The maximum atomic E-state index is 12.9. The van der Waals surface area contributed by atoms with Gasteiger partial charge < -0.3 is 9.80 Å². The number of anilines is 1. The molecule has 1 saturated heterocycles. The molecule has 1 fully saturated rings. The van der Waals surface area contributed by atoms with Crippen LogP contribution in [0.5, 0.6) is 0 Å². The number of hydrogen-bond donors (Lipinski definition) is 0. The van der Waals surface area contributed by atoms with E-state index in [0.717, 1.165) is 12.6 Å². The van der Waals surface area contributed by atoms with E-state index in [9.17, 15) is 18.0 Å². The summed E-state index contributed by atoms with van der Waals surface area (Å²) in [6.07, 6.45) is -1.40. The molecule has 1 amide bonds. The smallest absolute Gasteiger partial charge is 0.349 e. The van der Waals surface area contributed by atoms with Gasteiger partial charge in [0.2, 0.25) is 5.91 Å². The van der Waals surface area contributed by atoms with Crippen LogP contribution in [0.4, 0.5) is 19.0 Å². The van der Waals surface area contributed by atoms with E-state index in [2.05, 4.69) is 11.6 Å². The number of alkyl halides is 3. The van der Waals surface area contributed by atoms with Gasteiger partial charge in [0.1, 0.15) is 5.82 Å². The highest BCUT2D eigenvalue weighted by Gasteiger charge is 2.36. The number of amides is 1. The van der Waals surface area contributed by atoms with Crippen LogP contribution in [0.2, 0.25) is 0 Å². The Morgan fingerprint density at radius 2 is 2.22 bits per heavy atom. The van der Waals surface area contributed by atoms with Crippen LogP contribution in [0.15, 0.2) is 29.8 Å². The number of rotatable bonds is 1. The summed E-state index contributed by atoms with van der Waals surface area (Å²) in [5.41, 5.74) is -0.720. The molecule has 1 aromatic heterocycles. The van der Waals surface area contributed by atoms with Crippen molar-refractivity contribution in [2.24, 2.45) is 0 Å². The summed E-state index contributed by atoms with van der Waals surface area (Å²) in [5, 5.41) is 0. The molecule has 0 radical (unpaired) electrons. The molecular weight excluding hydrogens is 327 g/mol. The lowest BCUT2D eigenvalue weighted by Crippen LogP contribution is -2.54. The Labute approximate surface area is 136 Å². The molecule has 0 spiro atoms. The molecule has 2 aliphatic heterocycles. The zero-order valence-corrected chi connectivity index (χ0v) is 13.2. The minimum atomic E-state index is -4.39. The number of thioether (sulfide) groups is 1. The Morgan fingerprint density at radius 3 is 2.91 bits per heavy atom. The van der Waals surface area contributed by atoms with Crippen molar-refractivity contribution in [3.8, 4) is 0 Å². The Bertz CT molecular complexity index is 635. The number of carbonyl (C=O) groups excluding carboxylic acids is 1. The van der Waals surface area contributed by atoms with Crippen molar-refractivity contribution in [2.45, 2.75) is 23.5 Å². The SMILES string of the molecule is C=CC(=O)N1CCN2c3ncc(C(F)(F)F)cc3SCC[C@@H]2C1. The number of aromatic nitrogens is 1. The minimum absolute atomic E-state index is 0.0747. The van der Waals surface area contributed by atoms with Gasteiger partial charge in [0.05, 0.1) is 10.5 Å². The van der Waals surface area contributed by atoms with Crippen molar-refractivity contribution in [1.82, 2.24) is 9.88 Å². The quantitative estimate of drug-likeness (QED) is 0.735. The van der Waals surface area contributed by atoms with E-state index in [-0.39, 0.29) is 11.9 Å². The second kappa shape index (κ2) is 6.07. The average molecular weight is 343 g/mol. The van der Waals surface area contributed by atoms with Gasteiger partial charge in [-0.05, 0) is 18.6 Å². The van der Waals surface area contributed by atoms with Gasteiger partial charge >= 0.3 is 6.18 Å². The molecule has 3 heterocycles. The van der Waals surface area contributed by atoms with E-state index < -0.39 is 11.7 Å². The Hall–Kier alpha value is -1.70. The predicted octanol–water partition coefficient (Wildman–Crippen LogP) is 2.80. The zero-order valence-electron chi connectivity index (χ0n) is 12.3. The highest BCUT2D eigenvalue weighted by atomic mass is 32.2. The molecule has 0 unspecified atom stereocenters. The lowest BCUT2D eigenvalue weighted by molar-refractivity contribution is -0.138.